The molecule has 19 heavy (non-hydrogen) atoms. The van der Waals surface area contributed by atoms with Crippen LogP contribution in [0.4, 0.5) is 4.39 Å². The number of amides is 1. The second kappa shape index (κ2) is 5.66. The first-order chi connectivity index (χ1) is 8.99. The third kappa shape index (κ3) is 3.51. The predicted molar refractivity (Wildman–Crippen MR) is 67.9 cm³/mol. The van der Waals surface area contributed by atoms with Crippen molar-refractivity contribution in [1.82, 2.24) is 10.6 Å². The Morgan fingerprint density at radius 1 is 1.37 bits per heavy atom. The molecule has 1 aromatic rings. The summed E-state index contributed by atoms with van der Waals surface area (Å²) < 4.78 is 36.7. The first-order valence-electron chi connectivity index (χ1n) is 5.92. The van der Waals surface area contributed by atoms with E-state index >= 15 is 0 Å². The average molecular weight is 286 g/mol. The van der Waals surface area contributed by atoms with E-state index in [0.717, 1.165) is 0 Å². The fraction of sp³-hybridized carbons (Fsp3) is 0.417. The van der Waals surface area contributed by atoms with E-state index in [1.165, 1.54) is 12.1 Å². The lowest BCUT2D eigenvalue weighted by molar-refractivity contribution is -0.122. The molecule has 0 aromatic heterocycles. The van der Waals surface area contributed by atoms with Crippen molar-refractivity contribution in [1.29, 1.82) is 0 Å². The van der Waals surface area contributed by atoms with Crippen LogP contribution in [-0.2, 0) is 14.6 Å². The third-order valence-corrected chi connectivity index (χ3v) is 4.45. The normalized spacial score (nSPS) is 23.2. The fourth-order valence-corrected chi connectivity index (χ4v) is 2.96. The lowest BCUT2D eigenvalue weighted by Gasteiger charge is -2.11. The van der Waals surface area contributed by atoms with Gasteiger partial charge in [0.15, 0.2) is 9.84 Å². The van der Waals surface area contributed by atoms with Crippen LogP contribution in [-0.4, -0.2) is 39.0 Å². The maximum atomic E-state index is 12.9. The minimum absolute atomic E-state index is 0.0806. The van der Waals surface area contributed by atoms with E-state index in [1.54, 1.807) is 18.2 Å². The third-order valence-electron chi connectivity index (χ3n) is 2.93. The van der Waals surface area contributed by atoms with Crippen LogP contribution in [0.3, 0.4) is 0 Å². The SMILES string of the molecule is O=C(NCS(=O)(=O)c1ccccc1)[C@@H]1C[C@@H](F)CN1. The van der Waals surface area contributed by atoms with E-state index in [1.807, 2.05) is 0 Å². The number of halogens is 1. The predicted octanol–water partition coefficient (Wildman–Crippen LogP) is 0.234. The van der Waals surface area contributed by atoms with Crippen LogP contribution >= 0.6 is 0 Å². The number of hydrogen-bond acceptors (Lipinski definition) is 4. The smallest absolute Gasteiger partial charge is 0.238 e. The van der Waals surface area contributed by atoms with E-state index < -0.39 is 33.8 Å². The molecule has 2 N–H and O–H groups in total. The Hall–Kier alpha value is -1.47. The van der Waals surface area contributed by atoms with Gasteiger partial charge in [0.2, 0.25) is 5.91 Å². The van der Waals surface area contributed by atoms with Crippen molar-refractivity contribution in [2.24, 2.45) is 0 Å². The van der Waals surface area contributed by atoms with E-state index in [0.29, 0.717) is 0 Å². The van der Waals surface area contributed by atoms with Gasteiger partial charge >= 0.3 is 0 Å². The van der Waals surface area contributed by atoms with Gasteiger partial charge in [-0.1, -0.05) is 18.2 Å². The molecule has 1 aromatic carbocycles. The van der Waals surface area contributed by atoms with Crippen molar-refractivity contribution < 1.29 is 17.6 Å². The summed E-state index contributed by atoms with van der Waals surface area (Å²) in [6, 6.07) is 7.21. The summed E-state index contributed by atoms with van der Waals surface area (Å²) in [7, 11) is -3.55. The molecule has 1 heterocycles. The first-order valence-corrected chi connectivity index (χ1v) is 7.57. The molecular formula is C12H15FN2O3S. The Morgan fingerprint density at radius 3 is 2.63 bits per heavy atom. The molecular weight excluding hydrogens is 271 g/mol. The zero-order valence-corrected chi connectivity index (χ0v) is 11.0. The maximum Gasteiger partial charge on any atom is 0.238 e. The zero-order chi connectivity index (χ0) is 13.9. The second-order valence-corrected chi connectivity index (χ2v) is 6.40. The zero-order valence-electron chi connectivity index (χ0n) is 10.2. The Bertz CT molecular complexity index is 547. The Kier molecular flexibility index (Phi) is 4.16. The highest BCUT2D eigenvalue weighted by Crippen LogP contribution is 2.11. The number of benzene rings is 1. The van der Waals surface area contributed by atoms with Gasteiger partial charge in [0.05, 0.1) is 10.9 Å². The number of nitrogens with one attached hydrogen (secondary N) is 2. The summed E-state index contributed by atoms with van der Waals surface area (Å²) >= 11 is 0. The summed E-state index contributed by atoms with van der Waals surface area (Å²) in [4.78, 5) is 11.8. The lowest BCUT2D eigenvalue weighted by atomic mass is 10.2. The lowest BCUT2D eigenvalue weighted by Crippen LogP contribution is -2.42. The highest BCUT2D eigenvalue weighted by atomic mass is 32.2. The molecule has 0 aliphatic carbocycles. The van der Waals surface area contributed by atoms with Gasteiger partial charge in [-0.05, 0) is 12.1 Å². The van der Waals surface area contributed by atoms with Crippen molar-refractivity contribution in [3.05, 3.63) is 30.3 Å². The van der Waals surface area contributed by atoms with E-state index in [4.69, 9.17) is 0 Å². The topological polar surface area (TPSA) is 75.3 Å². The minimum atomic E-state index is -3.55. The summed E-state index contributed by atoms with van der Waals surface area (Å²) in [5.41, 5.74) is 0. The van der Waals surface area contributed by atoms with Gasteiger partial charge in [-0.25, -0.2) is 12.8 Å². The molecule has 0 spiro atoms. The van der Waals surface area contributed by atoms with E-state index in [-0.39, 0.29) is 17.9 Å². The van der Waals surface area contributed by atoms with Gasteiger partial charge in [-0.15, -0.1) is 0 Å². The van der Waals surface area contributed by atoms with Crippen LogP contribution in [0, 0.1) is 0 Å². The van der Waals surface area contributed by atoms with Gasteiger partial charge < -0.3 is 10.6 Å². The molecule has 0 radical (unpaired) electrons. The van der Waals surface area contributed by atoms with Crippen LogP contribution in [0.15, 0.2) is 35.2 Å². The number of alkyl halides is 1. The quantitative estimate of drug-likeness (QED) is 0.831. The van der Waals surface area contributed by atoms with Crippen molar-refractivity contribution in [3.8, 4) is 0 Å². The van der Waals surface area contributed by atoms with Crippen LogP contribution in [0.1, 0.15) is 6.42 Å². The van der Waals surface area contributed by atoms with Crippen molar-refractivity contribution in [3.63, 3.8) is 0 Å². The molecule has 1 aliphatic heterocycles. The molecule has 7 heteroatoms. The number of carbonyl (C=O) groups excluding carboxylic acids is 1. The van der Waals surface area contributed by atoms with Crippen molar-refractivity contribution in [2.75, 3.05) is 12.4 Å². The standard InChI is InChI=1S/C12H15FN2O3S/c13-9-6-11(14-7-9)12(16)15-8-19(17,18)10-4-2-1-3-5-10/h1-5,9,11,14H,6-8H2,(H,15,16)/t9-,11+/m1/s1. The number of rotatable bonds is 4. The Labute approximate surface area is 111 Å². The van der Waals surface area contributed by atoms with Gasteiger partial charge in [0.1, 0.15) is 12.0 Å². The molecule has 5 nitrogen and oxygen atoms in total. The monoisotopic (exact) mass is 286 g/mol. The number of carbonyl (C=O) groups is 1. The van der Waals surface area contributed by atoms with Crippen LogP contribution in [0.5, 0.6) is 0 Å². The molecule has 1 amide bonds. The molecule has 0 saturated carbocycles. The largest absolute Gasteiger partial charge is 0.340 e. The molecule has 1 fully saturated rings. The Morgan fingerprint density at radius 2 is 2.05 bits per heavy atom. The van der Waals surface area contributed by atoms with E-state index in [9.17, 15) is 17.6 Å². The van der Waals surface area contributed by atoms with Crippen LogP contribution < -0.4 is 10.6 Å². The van der Waals surface area contributed by atoms with Gasteiger partial charge in [-0.2, -0.15) is 0 Å². The number of hydrogen-bond donors (Lipinski definition) is 2. The molecule has 1 aliphatic rings. The van der Waals surface area contributed by atoms with Gasteiger partial charge in [-0.3, -0.25) is 4.79 Å². The van der Waals surface area contributed by atoms with Crippen molar-refractivity contribution in [2.45, 2.75) is 23.5 Å². The highest BCUT2D eigenvalue weighted by molar-refractivity contribution is 7.91. The van der Waals surface area contributed by atoms with Crippen LogP contribution in [0.25, 0.3) is 0 Å². The molecule has 0 bridgehead atoms. The molecule has 2 atom stereocenters. The summed E-state index contributed by atoms with van der Waals surface area (Å²) in [6.07, 6.45) is -0.974. The van der Waals surface area contributed by atoms with E-state index in [2.05, 4.69) is 10.6 Å². The average Bonchev–Trinajstić information content (AvgIpc) is 2.84. The second-order valence-electron chi connectivity index (χ2n) is 4.41. The first kappa shape index (κ1) is 14.0. The minimum Gasteiger partial charge on any atom is -0.340 e. The fourth-order valence-electron chi connectivity index (χ4n) is 1.89. The highest BCUT2D eigenvalue weighted by Gasteiger charge is 2.29. The molecule has 104 valence electrons. The van der Waals surface area contributed by atoms with Gasteiger partial charge in [0, 0.05) is 13.0 Å². The molecule has 1 saturated heterocycles. The molecule has 0 unspecified atom stereocenters. The summed E-state index contributed by atoms with van der Waals surface area (Å²) in [5, 5.41) is 5.03. The molecule has 2 rings (SSSR count). The van der Waals surface area contributed by atoms with Crippen molar-refractivity contribution >= 4 is 15.7 Å². The summed E-state index contributed by atoms with van der Waals surface area (Å²) in [6.45, 7) is 0.128. The van der Waals surface area contributed by atoms with Crippen LogP contribution in [0.2, 0.25) is 0 Å². The van der Waals surface area contributed by atoms with Gasteiger partial charge in [0.25, 0.3) is 0 Å². The Balaban J connectivity index is 1.93. The number of sulfone groups is 1. The summed E-state index contributed by atoms with van der Waals surface area (Å²) in [5.74, 6) is -0.968. The maximum absolute atomic E-state index is 12.9.